The highest BCUT2D eigenvalue weighted by Crippen LogP contribution is 2.32. The molecule has 0 aliphatic rings. The van der Waals surface area contributed by atoms with Gasteiger partial charge in [0, 0.05) is 16.4 Å². The van der Waals surface area contributed by atoms with Gasteiger partial charge in [-0.25, -0.2) is 8.42 Å². The van der Waals surface area contributed by atoms with Crippen LogP contribution in [-0.2, 0) is 9.84 Å². The van der Waals surface area contributed by atoms with Crippen LogP contribution in [-0.4, -0.2) is 30.6 Å². The molecule has 0 N–H and O–H groups in total. The molecule has 0 saturated heterocycles. The van der Waals surface area contributed by atoms with Crippen LogP contribution in [0.5, 0.6) is 0 Å². The molecule has 0 unspecified atom stereocenters. The largest absolute Gasteiger partial charge is 0.229 e. The quantitative estimate of drug-likeness (QED) is 0.619. The molecule has 0 rings (SSSR count). The third kappa shape index (κ3) is 5.68. The fraction of sp³-hybridized carbons (Fsp3) is 1.00. The zero-order valence-corrected chi connectivity index (χ0v) is 13.4. The summed E-state index contributed by atoms with van der Waals surface area (Å²) in [6, 6.07) is 0. The van der Waals surface area contributed by atoms with Crippen LogP contribution < -0.4 is 0 Å². The molecule has 92 valence electrons. The van der Waals surface area contributed by atoms with Gasteiger partial charge in [0.2, 0.25) is 0 Å². The molecule has 0 saturated carbocycles. The molecule has 0 fully saturated rings. The maximum atomic E-state index is 11.3. The molecule has 15 heavy (non-hydrogen) atoms. The Balaban J connectivity index is 4.13. The Bertz CT molecular complexity index is 250. The van der Waals surface area contributed by atoms with Gasteiger partial charge in [0.1, 0.15) is 9.84 Å². The van der Waals surface area contributed by atoms with Gasteiger partial charge in [0.25, 0.3) is 0 Å². The molecular formula is C10H20Br2O2S. The summed E-state index contributed by atoms with van der Waals surface area (Å²) < 4.78 is 22.7. The van der Waals surface area contributed by atoms with Gasteiger partial charge in [-0.15, -0.1) is 0 Å². The van der Waals surface area contributed by atoms with Crippen molar-refractivity contribution >= 4 is 41.7 Å². The number of sulfone groups is 1. The van der Waals surface area contributed by atoms with Crippen molar-refractivity contribution in [2.24, 2.45) is 5.41 Å². The molecule has 0 amide bonds. The smallest absolute Gasteiger partial charge is 0.150 e. The Kier molecular flexibility index (Phi) is 7.72. The summed E-state index contributed by atoms with van der Waals surface area (Å²) >= 11 is 7.02. The summed E-state index contributed by atoms with van der Waals surface area (Å²) in [5.74, 6) is 0.583. The van der Waals surface area contributed by atoms with E-state index in [-0.39, 0.29) is 11.2 Å². The van der Waals surface area contributed by atoms with Crippen molar-refractivity contribution in [3.8, 4) is 0 Å². The van der Waals surface area contributed by atoms with Crippen LogP contribution in [0.1, 0.15) is 33.1 Å². The second-order valence-electron chi connectivity index (χ2n) is 3.96. The molecule has 5 heteroatoms. The standard InChI is InChI=1S/C10H20Br2O2S/c1-3-10(8-11,9-12)6-5-7-15(13,14)4-2/h3-9H2,1-2H3. The van der Waals surface area contributed by atoms with E-state index >= 15 is 0 Å². The molecule has 0 aromatic heterocycles. The Morgan fingerprint density at radius 2 is 1.67 bits per heavy atom. The van der Waals surface area contributed by atoms with Crippen molar-refractivity contribution in [3.05, 3.63) is 0 Å². The highest BCUT2D eigenvalue weighted by Gasteiger charge is 2.25. The van der Waals surface area contributed by atoms with E-state index in [0.717, 1.165) is 29.9 Å². The molecule has 0 atom stereocenters. The van der Waals surface area contributed by atoms with Crippen LogP contribution in [0.15, 0.2) is 0 Å². The molecule has 0 aromatic rings. The van der Waals surface area contributed by atoms with Crippen molar-refractivity contribution < 1.29 is 8.42 Å². The lowest BCUT2D eigenvalue weighted by atomic mass is 9.85. The molecule has 2 nitrogen and oxygen atoms in total. The van der Waals surface area contributed by atoms with Gasteiger partial charge >= 0.3 is 0 Å². The van der Waals surface area contributed by atoms with Crippen LogP contribution in [0.4, 0.5) is 0 Å². The molecular weight excluding hydrogens is 344 g/mol. The van der Waals surface area contributed by atoms with E-state index in [2.05, 4.69) is 38.8 Å². The van der Waals surface area contributed by atoms with Crippen molar-refractivity contribution in [2.75, 3.05) is 22.2 Å². The lowest BCUT2D eigenvalue weighted by Gasteiger charge is -2.28. The van der Waals surface area contributed by atoms with Crippen LogP contribution in [0.25, 0.3) is 0 Å². The molecule has 0 aromatic carbocycles. The lowest BCUT2D eigenvalue weighted by molar-refractivity contribution is 0.341. The van der Waals surface area contributed by atoms with Crippen molar-refractivity contribution in [3.63, 3.8) is 0 Å². The van der Waals surface area contributed by atoms with Gasteiger partial charge in [-0.05, 0) is 24.7 Å². The Morgan fingerprint density at radius 1 is 1.13 bits per heavy atom. The highest BCUT2D eigenvalue weighted by atomic mass is 79.9. The van der Waals surface area contributed by atoms with E-state index in [1.54, 1.807) is 6.92 Å². The predicted octanol–water partition coefficient (Wildman–Crippen LogP) is 3.39. The van der Waals surface area contributed by atoms with Gasteiger partial charge in [-0.3, -0.25) is 0 Å². The summed E-state index contributed by atoms with van der Waals surface area (Å²) in [5.41, 5.74) is 0.212. The normalized spacial score (nSPS) is 13.1. The van der Waals surface area contributed by atoms with Crippen molar-refractivity contribution in [1.29, 1.82) is 0 Å². The fourth-order valence-electron chi connectivity index (χ4n) is 1.35. The first-order valence-corrected chi connectivity index (χ1v) is 9.34. The van der Waals surface area contributed by atoms with E-state index in [0.29, 0.717) is 5.75 Å². The average molecular weight is 364 g/mol. The highest BCUT2D eigenvalue weighted by molar-refractivity contribution is 9.09. The van der Waals surface area contributed by atoms with Gasteiger partial charge in [-0.2, -0.15) is 0 Å². The molecule has 0 bridgehead atoms. The number of halogens is 2. The zero-order valence-electron chi connectivity index (χ0n) is 9.43. The summed E-state index contributed by atoms with van der Waals surface area (Å²) in [7, 11) is -2.80. The van der Waals surface area contributed by atoms with Crippen LogP contribution in [0, 0.1) is 5.41 Å². The minimum Gasteiger partial charge on any atom is -0.229 e. The second-order valence-corrected chi connectivity index (χ2v) is 7.55. The summed E-state index contributed by atoms with van der Waals surface area (Å²) in [4.78, 5) is 0. The van der Waals surface area contributed by atoms with Gasteiger partial charge in [0.05, 0.1) is 5.75 Å². The third-order valence-corrected chi connectivity index (χ3v) is 7.09. The first-order valence-electron chi connectivity index (χ1n) is 5.27. The molecule has 0 heterocycles. The maximum absolute atomic E-state index is 11.3. The first kappa shape index (κ1) is 15.9. The van der Waals surface area contributed by atoms with E-state index in [1.807, 2.05) is 0 Å². The maximum Gasteiger partial charge on any atom is 0.150 e. The first-order chi connectivity index (χ1) is 6.95. The lowest BCUT2D eigenvalue weighted by Crippen LogP contribution is -2.25. The van der Waals surface area contributed by atoms with E-state index in [9.17, 15) is 8.42 Å². The van der Waals surface area contributed by atoms with E-state index in [4.69, 9.17) is 0 Å². The summed E-state index contributed by atoms with van der Waals surface area (Å²) in [5, 5.41) is 1.85. The summed E-state index contributed by atoms with van der Waals surface area (Å²) in [6.45, 7) is 3.86. The Morgan fingerprint density at radius 3 is 2.00 bits per heavy atom. The fourth-order valence-corrected chi connectivity index (χ4v) is 4.50. The van der Waals surface area contributed by atoms with Crippen molar-refractivity contribution in [2.45, 2.75) is 33.1 Å². The summed E-state index contributed by atoms with van der Waals surface area (Å²) in [6.07, 6.45) is 2.79. The third-order valence-electron chi connectivity index (χ3n) is 2.92. The minimum atomic E-state index is -2.80. The van der Waals surface area contributed by atoms with E-state index in [1.165, 1.54) is 0 Å². The topological polar surface area (TPSA) is 34.1 Å². The Labute approximate surface area is 110 Å². The van der Waals surface area contributed by atoms with Crippen molar-refractivity contribution in [1.82, 2.24) is 0 Å². The SMILES string of the molecule is CCC(CBr)(CBr)CCCS(=O)(=O)CC. The van der Waals surface area contributed by atoms with Crippen LogP contribution in [0.3, 0.4) is 0 Å². The molecule has 0 aliphatic heterocycles. The number of rotatable bonds is 8. The van der Waals surface area contributed by atoms with Gasteiger partial charge in [0.15, 0.2) is 0 Å². The molecule has 0 spiro atoms. The van der Waals surface area contributed by atoms with Gasteiger partial charge < -0.3 is 0 Å². The second kappa shape index (κ2) is 7.28. The number of hydrogen-bond donors (Lipinski definition) is 0. The predicted molar refractivity (Wildman–Crippen MR) is 73.9 cm³/mol. The van der Waals surface area contributed by atoms with Crippen LogP contribution in [0.2, 0.25) is 0 Å². The number of alkyl halides is 2. The van der Waals surface area contributed by atoms with Crippen LogP contribution >= 0.6 is 31.9 Å². The average Bonchev–Trinajstić information content (AvgIpc) is 2.25. The number of hydrogen-bond acceptors (Lipinski definition) is 2. The minimum absolute atomic E-state index is 0.212. The molecule has 0 radical (unpaired) electrons. The zero-order chi connectivity index (χ0) is 11.9. The van der Waals surface area contributed by atoms with E-state index < -0.39 is 9.84 Å². The monoisotopic (exact) mass is 362 g/mol. The molecule has 0 aliphatic carbocycles. The van der Waals surface area contributed by atoms with Gasteiger partial charge in [-0.1, -0.05) is 45.7 Å². The Hall–Kier alpha value is 0.910.